The lowest BCUT2D eigenvalue weighted by Crippen LogP contribution is -2.37. The Balaban J connectivity index is 1.57. The highest BCUT2D eigenvalue weighted by molar-refractivity contribution is 5.91. The van der Waals surface area contributed by atoms with Gasteiger partial charge in [0, 0.05) is 25.4 Å². The minimum absolute atomic E-state index is 0.00511. The second-order valence-electron chi connectivity index (χ2n) is 4.71. The second kappa shape index (κ2) is 5.79. The molecule has 0 radical (unpaired) electrons. The zero-order valence-electron chi connectivity index (χ0n) is 11.0. The van der Waals surface area contributed by atoms with Crippen LogP contribution in [0.1, 0.15) is 21.6 Å². The van der Waals surface area contributed by atoms with Crippen molar-refractivity contribution in [3.63, 3.8) is 0 Å². The molecule has 0 bridgehead atoms. The zero-order chi connectivity index (χ0) is 13.8. The Hall–Kier alpha value is -2.27. The van der Waals surface area contributed by atoms with Gasteiger partial charge in [-0.05, 0) is 11.1 Å². The van der Waals surface area contributed by atoms with Crippen molar-refractivity contribution in [3.05, 3.63) is 59.7 Å². The fraction of sp³-hybridized carbons (Fsp3) is 0.267. The summed E-state index contributed by atoms with van der Waals surface area (Å²) in [5.41, 5.74) is 2.84. The van der Waals surface area contributed by atoms with Crippen LogP contribution in [0.4, 0.5) is 0 Å². The number of rotatable bonds is 3. The number of carbonyl (C=O) groups excluding carboxylic acids is 1. The van der Waals surface area contributed by atoms with Gasteiger partial charge in [0.05, 0.1) is 18.9 Å². The minimum atomic E-state index is -0.222. The summed E-state index contributed by atoms with van der Waals surface area (Å²) in [6, 6.07) is 8.22. The topological polar surface area (TPSA) is 64.1 Å². The van der Waals surface area contributed by atoms with Crippen LogP contribution in [0, 0.1) is 0 Å². The van der Waals surface area contributed by atoms with Crippen LogP contribution >= 0.6 is 0 Å². The summed E-state index contributed by atoms with van der Waals surface area (Å²) in [6.07, 6.45) is 5.31. The number of aromatic nitrogens is 2. The number of carbonyl (C=O) groups is 1. The molecule has 3 rings (SSSR count). The van der Waals surface area contributed by atoms with Crippen LogP contribution in [0.3, 0.4) is 0 Å². The van der Waals surface area contributed by atoms with E-state index in [0.717, 1.165) is 6.42 Å². The number of hydrogen-bond acceptors (Lipinski definition) is 4. The van der Waals surface area contributed by atoms with Crippen molar-refractivity contribution < 1.29 is 9.53 Å². The van der Waals surface area contributed by atoms with E-state index < -0.39 is 0 Å². The average Bonchev–Trinajstić information content (AvgIpc) is 2.53. The lowest BCUT2D eigenvalue weighted by molar-refractivity contribution is 0.0284. The van der Waals surface area contributed by atoms with Gasteiger partial charge in [-0.3, -0.25) is 9.78 Å². The summed E-state index contributed by atoms with van der Waals surface area (Å²) in [6.45, 7) is 1.07. The first-order valence-electron chi connectivity index (χ1n) is 6.55. The summed E-state index contributed by atoms with van der Waals surface area (Å²) >= 11 is 0. The van der Waals surface area contributed by atoms with Crippen LogP contribution in [-0.4, -0.2) is 28.5 Å². The van der Waals surface area contributed by atoms with Gasteiger partial charge in [0.25, 0.3) is 5.91 Å². The monoisotopic (exact) mass is 269 g/mol. The van der Waals surface area contributed by atoms with E-state index in [0.29, 0.717) is 18.8 Å². The standard InChI is InChI=1S/C15H15N3O2/c19-15(14-9-16-5-6-17-14)18-8-13-7-11-3-1-2-4-12(11)10-20-13/h1-6,9,13H,7-8,10H2,(H,18,19). The molecular formula is C15H15N3O2. The predicted octanol–water partition coefficient (Wildman–Crippen LogP) is 1.35. The van der Waals surface area contributed by atoms with E-state index in [1.165, 1.54) is 29.7 Å². The van der Waals surface area contributed by atoms with E-state index in [-0.39, 0.29) is 12.0 Å². The van der Waals surface area contributed by atoms with E-state index in [1.54, 1.807) is 0 Å². The van der Waals surface area contributed by atoms with E-state index in [2.05, 4.69) is 27.4 Å². The van der Waals surface area contributed by atoms with Crippen molar-refractivity contribution >= 4 is 5.91 Å². The van der Waals surface area contributed by atoms with Crippen molar-refractivity contribution in [2.75, 3.05) is 6.54 Å². The number of benzene rings is 1. The van der Waals surface area contributed by atoms with Crippen molar-refractivity contribution in [1.82, 2.24) is 15.3 Å². The Morgan fingerprint density at radius 2 is 2.15 bits per heavy atom. The lowest BCUT2D eigenvalue weighted by atomic mass is 9.99. The summed E-state index contributed by atoms with van der Waals surface area (Å²) in [5.74, 6) is -0.222. The third kappa shape index (κ3) is 2.83. The molecule has 5 heteroatoms. The highest BCUT2D eigenvalue weighted by atomic mass is 16.5. The van der Waals surface area contributed by atoms with Gasteiger partial charge in [0.15, 0.2) is 0 Å². The van der Waals surface area contributed by atoms with Gasteiger partial charge in [-0.1, -0.05) is 24.3 Å². The Kier molecular flexibility index (Phi) is 3.69. The first kappa shape index (κ1) is 12.7. The molecule has 1 N–H and O–H groups in total. The molecule has 1 atom stereocenters. The third-order valence-electron chi connectivity index (χ3n) is 3.33. The van der Waals surface area contributed by atoms with Crippen molar-refractivity contribution in [3.8, 4) is 0 Å². The quantitative estimate of drug-likeness (QED) is 0.913. The van der Waals surface area contributed by atoms with Gasteiger partial charge < -0.3 is 10.1 Å². The maximum absolute atomic E-state index is 11.9. The normalized spacial score (nSPS) is 17.3. The van der Waals surface area contributed by atoms with Crippen LogP contribution in [0.25, 0.3) is 0 Å². The van der Waals surface area contributed by atoms with Crippen molar-refractivity contribution in [2.24, 2.45) is 0 Å². The molecule has 20 heavy (non-hydrogen) atoms. The summed E-state index contributed by atoms with van der Waals surface area (Å²) in [4.78, 5) is 19.7. The smallest absolute Gasteiger partial charge is 0.271 e. The second-order valence-corrected chi connectivity index (χ2v) is 4.71. The third-order valence-corrected chi connectivity index (χ3v) is 3.33. The molecule has 0 spiro atoms. The Morgan fingerprint density at radius 1 is 1.30 bits per heavy atom. The summed E-state index contributed by atoms with van der Waals surface area (Å²) in [5, 5.41) is 2.83. The van der Waals surface area contributed by atoms with Crippen LogP contribution in [0.2, 0.25) is 0 Å². The van der Waals surface area contributed by atoms with E-state index in [4.69, 9.17) is 4.74 Å². The number of hydrogen-bond donors (Lipinski definition) is 1. The molecule has 0 saturated heterocycles. The maximum atomic E-state index is 11.9. The minimum Gasteiger partial charge on any atom is -0.371 e. The number of amides is 1. The Bertz CT molecular complexity index is 601. The average molecular weight is 269 g/mol. The molecule has 0 fully saturated rings. The number of fused-ring (bicyclic) bond motifs is 1. The van der Waals surface area contributed by atoms with E-state index >= 15 is 0 Å². The molecule has 1 aromatic carbocycles. The largest absolute Gasteiger partial charge is 0.371 e. The van der Waals surface area contributed by atoms with Crippen LogP contribution in [0.5, 0.6) is 0 Å². The fourth-order valence-electron chi connectivity index (χ4n) is 2.25. The van der Waals surface area contributed by atoms with Crippen molar-refractivity contribution in [1.29, 1.82) is 0 Å². The molecule has 1 amide bonds. The van der Waals surface area contributed by atoms with E-state index in [1.807, 2.05) is 12.1 Å². The molecule has 2 heterocycles. The molecule has 0 saturated carbocycles. The Morgan fingerprint density at radius 3 is 2.95 bits per heavy atom. The molecule has 1 unspecified atom stereocenters. The van der Waals surface area contributed by atoms with Gasteiger partial charge in [0.1, 0.15) is 5.69 Å². The fourth-order valence-corrected chi connectivity index (χ4v) is 2.25. The van der Waals surface area contributed by atoms with Gasteiger partial charge in [-0.2, -0.15) is 0 Å². The summed E-state index contributed by atoms with van der Waals surface area (Å²) < 4.78 is 5.74. The maximum Gasteiger partial charge on any atom is 0.271 e. The van der Waals surface area contributed by atoms with Crippen LogP contribution in [0.15, 0.2) is 42.9 Å². The predicted molar refractivity (Wildman–Crippen MR) is 73.1 cm³/mol. The molecule has 2 aromatic rings. The molecule has 5 nitrogen and oxygen atoms in total. The number of nitrogens with zero attached hydrogens (tertiary/aromatic N) is 2. The molecular weight excluding hydrogens is 254 g/mol. The molecule has 1 aliphatic rings. The zero-order valence-corrected chi connectivity index (χ0v) is 11.0. The molecule has 1 aromatic heterocycles. The van der Waals surface area contributed by atoms with E-state index in [9.17, 15) is 4.79 Å². The Labute approximate surface area is 117 Å². The van der Waals surface area contributed by atoms with Gasteiger partial charge in [0.2, 0.25) is 0 Å². The van der Waals surface area contributed by atoms with Gasteiger partial charge in [-0.25, -0.2) is 4.98 Å². The molecule has 0 aliphatic carbocycles. The number of nitrogens with one attached hydrogen (secondary N) is 1. The summed E-state index contributed by atoms with van der Waals surface area (Å²) in [7, 11) is 0. The molecule has 1 aliphatic heterocycles. The first-order valence-corrected chi connectivity index (χ1v) is 6.55. The highest BCUT2D eigenvalue weighted by Gasteiger charge is 2.19. The number of ether oxygens (including phenoxy) is 1. The van der Waals surface area contributed by atoms with Gasteiger partial charge in [-0.15, -0.1) is 0 Å². The van der Waals surface area contributed by atoms with Crippen LogP contribution < -0.4 is 5.32 Å². The lowest BCUT2D eigenvalue weighted by Gasteiger charge is -2.25. The molecule has 102 valence electrons. The first-order chi connectivity index (χ1) is 9.83. The van der Waals surface area contributed by atoms with Gasteiger partial charge >= 0.3 is 0 Å². The highest BCUT2D eigenvalue weighted by Crippen LogP contribution is 2.19. The van der Waals surface area contributed by atoms with Crippen molar-refractivity contribution in [2.45, 2.75) is 19.1 Å². The van der Waals surface area contributed by atoms with Crippen LogP contribution in [-0.2, 0) is 17.8 Å². The SMILES string of the molecule is O=C(NCC1Cc2ccccc2CO1)c1cnccn1.